The number of aliphatic hydroxyl groups excluding tert-OH is 11. The van der Waals surface area contributed by atoms with Crippen molar-refractivity contribution in [1.82, 2.24) is 5.32 Å². The van der Waals surface area contributed by atoms with E-state index in [-0.39, 0.29) is 18.9 Å². The van der Waals surface area contributed by atoms with Gasteiger partial charge < -0.3 is 89.9 Å². The minimum atomic E-state index is -1.98. The predicted octanol–water partition coefficient (Wildman–Crippen LogP) is 2.70. The van der Waals surface area contributed by atoms with E-state index in [1.165, 1.54) is 25.7 Å². The highest BCUT2D eigenvalue weighted by atomic mass is 16.8. The lowest BCUT2D eigenvalue weighted by Crippen LogP contribution is -2.66. The van der Waals surface area contributed by atoms with Crippen LogP contribution in [0.4, 0.5) is 0 Å². The van der Waals surface area contributed by atoms with Gasteiger partial charge in [-0.15, -0.1) is 0 Å². The molecule has 0 radical (unpaired) electrons. The SMILES string of the molecule is CC/C=C\C/C=C\C/C=C\C/C=C\CCCCCCC(=O)NC(COC1OC(CO)C(OC2OC(CO)C(OC3OC(CO)C(O)C(O)C3O)C(O)C2O)C(O)C1O)C(O)/C=C/CC/C=C/CCCCCCC. The molecule has 73 heavy (non-hydrogen) atoms. The molecule has 0 aromatic carbocycles. The Balaban J connectivity index is 1.56. The number of carbonyl (C=O) groups excluding carboxylic acids is 1. The van der Waals surface area contributed by atoms with E-state index in [4.69, 9.17) is 28.4 Å². The van der Waals surface area contributed by atoms with Gasteiger partial charge >= 0.3 is 0 Å². The summed E-state index contributed by atoms with van der Waals surface area (Å²) in [7, 11) is 0. The highest BCUT2D eigenvalue weighted by molar-refractivity contribution is 5.76. The Morgan fingerprint density at radius 2 is 0.959 bits per heavy atom. The van der Waals surface area contributed by atoms with Gasteiger partial charge in [-0.05, 0) is 70.6 Å². The Labute approximate surface area is 432 Å². The standard InChI is InChI=1S/C54H91NO18/c1-3-5-7-9-11-13-15-16-17-18-19-20-22-24-26-28-30-32-42(60)55-37(38(59)31-29-27-25-23-21-14-12-10-8-6-4-2)36-68-52-48(66)45(63)50(40(34-57)70-52)73-54-49(67)46(64)51(41(35-58)71-54)72-53-47(65)44(62)43(61)39(33-56)69-53/h5,7,11,13,16-17,19-21,23,29,31,37-41,43-54,56-59,61-67H,3-4,6,8-10,12,14-15,18,22,24-28,30,32-36H2,1-2H3,(H,55,60)/b7-5-,13-11-,17-16-,20-19-,23-21+,31-29+. The molecule has 3 fully saturated rings. The van der Waals surface area contributed by atoms with Crippen LogP contribution in [0.15, 0.2) is 72.9 Å². The van der Waals surface area contributed by atoms with Crippen molar-refractivity contribution in [3.63, 3.8) is 0 Å². The number of allylic oxidation sites excluding steroid dienone is 11. The first-order chi connectivity index (χ1) is 35.3. The Kier molecular flexibility index (Phi) is 33.5. The summed E-state index contributed by atoms with van der Waals surface area (Å²) in [5.41, 5.74) is 0. The molecule has 12 N–H and O–H groups in total. The van der Waals surface area contributed by atoms with Crippen LogP contribution in [0, 0.1) is 0 Å². The molecule has 0 aromatic rings. The highest BCUT2D eigenvalue weighted by Gasteiger charge is 2.53. The number of amides is 1. The maximum absolute atomic E-state index is 13.2. The molecule has 17 atom stereocenters. The largest absolute Gasteiger partial charge is 0.394 e. The molecule has 17 unspecified atom stereocenters. The average molecular weight is 1040 g/mol. The minimum Gasteiger partial charge on any atom is -0.394 e. The molecule has 3 aliphatic heterocycles. The van der Waals surface area contributed by atoms with Gasteiger partial charge in [-0.2, -0.15) is 0 Å². The summed E-state index contributed by atoms with van der Waals surface area (Å²) in [5, 5.41) is 120. The topological polar surface area (TPSA) is 307 Å². The van der Waals surface area contributed by atoms with Gasteiger partial charge in [0.25, 0.3) is 0 Å². The van der Waals surface area contributed by atoms with Crippen LogP contribution in [0.3, 0.4) is 0 Å². The number of unbranched alkanes of at least 4 members (excludes halogenated alkanes) is 10. The van der Waals surface area contributed by atoms with Crippen molar-refractivity contribution >= 4 is 5.91 Å². The Morgan fingerprint density at radius 1 is 0.507 bits per heavy atom. The third-order valence-electron chi connectivity index (χ3n) is 13.0. The van der Waals surface area contributed by atoms with Crippen LogP contribution in [-0.4, -0.2) is 193 Å². The maximum atomic E-state index is 13.2. The van der Waals surface area contributed by atoms with E-state index < -0.39 is 124 Å². The van der Waals surface area contributed by atoms with Crippen molar-refractivity contribution in [2.24, 2.45) is 0 Å². The van der Waals surface area contributed by atoms with Gasteiger partial charge in [-0.3, -0.25) is 4.79 Å². The maximum Gasteiger partial charge on any atom is 0.220 e. The molecule has 0 bridgehead atoms. The van der Waals surface area contributed by atoms with Gasteiger partial charge in [0.2, 0.25) is 5.91 Å². The van der Waals surface area contributed by atoms with Crippen molar-refractivity contribution in [1.29, 1.82) is 0 Å². The van der Waals surface area contributed by atoms with Crippen molar-refractivity contribution in [3.05, 3.63) is 72.9 Å². The van der Waals surface area contributed by atoms with Crippen LogP contribution in [0.1, 0.15) is 129 Å². The number of rotatable bonds is 36. The zero-order valence-electron chi connectivity index (χ0n) is 43.1. The summed E-state index contributed by atoms with van der Waals surface area (Å²) < 4.78 is 34.1. The lowest BCUT2D eigenvalue weighted by molar-refractivity contribution is -0.379. The summed E-state index contributed by atoms with van der Waals surface area (Å²) in [6.45, 7) is 1.49. The average Bonchev–Trinajstić information content (AvgIpc) is 3.39. The second-order valence-electron chi connectivity index (χ2n) is 18.9. The number of hydrogen-bond donors (Lipinski definition) is 12. The van der Waals surface area contributed by atoms with E-state index in [9.17, 15) is 61.0 Å². The van der Waals surface area contributed by atoms with Gasteiger partial charge in [0.05, 0.1) is 38.6 Å². The summed E-state index contributed by atoms with van der Waals surface area (Å²) in [6.07, 6.45) is 14.8. The fourth-order valence-corrected chi connectivity index (χ4v) is 8.55. The number of carbonyl (C=O) groups is 1. The molecule has 3 rings (SSSR count). The van der Waals surface area contributed by atoms with Gasteiger partial charge in [0.1, 0.15) is 73.2 Å². The molecule has 420 valence electrons. The minimum absolute atomic E-state index is 0.203. The van der Waals surface area contributed by atoms with Gasteiger partial charge in [-0.1, -0.05) is 125 Å². The Bertz CT molecular complexity index is 1620. The van der Waals surface area contributed by atoms with Crippen LogP contribution in [-0.2, 0) is 33.2 Å². The zero-order chi connectivity index (χ0) is 53.4. The molecule has 3 aliphatic rings. The van der Waals surface area contributed by atoms with Crippen LogP contribution in [0.5, 0.6) is 0 Å². The molecule has 19 nitrogen and oxygen atoms in total. The third-order valence-corrected chi connectivity index (χ3v) is 13.0. The smallest absolute Gasteiger partial charge is 0.220 e. The first-order valence-electron chi connectivity index (χ1n) is 26.7. The molecule has 3 heterocycles. The molecule has 0 aliphatic carbocycles. The highest BCUT2D eigenvalue weighted by Crippen LogP contribution is 2.33. The first-order valence-corrected chi connectivity index (χ1v) is 26.7. The summed E-state index contributed by atoms with van der Waals surface area (Å²) in [4.78, 5) is 13.2. The lowest BCUT2D eigenvalue weighted by atomic mass is 9.96. The van der Waals surface area contributed by atoms with Crippen LogP contribution in [0.2, 0.25) is 0 Å². The third kappa shape index (κ3) is 23.2. The second-order valence-corrected chi connectivity index (χ2v) is 18.9. The number of aliphatic hydroxyl groups is 11. The van der Waals surface area contributed by atoms with E-state index in [0.29, 0.717) is 12.8 Å². The van der Waals surface area contributed by atoms with E-state index in [1.54, 1.807) is 6.08 Å². The zero-order valence-corrected chi connectivity index (χ0v) is 43.1. The number of nitrogens with one attached hydrogen (secondary N) is 1. The van der Waals surface area contributed by atoms with Crippen molar-refractivity contribution in [3.8, 4) is 0 Å². The lowest BCUT2D eigenvalue weighted by Gasteiger charge is -2.48. The van der Waals surface area contributed by atoms with Crippen LogP contribution in [0.25, 0.3) is 0 Å². The van der Waals surface area contributed by atoms with Gasteiger partial charge in [0, 0.05) is 6.42 Å². The molecule has 3 saturated heterocycles. The van der Waals surface area contributed by atoms with E-state index in [2.05, 4.69) is 79.9 Å². The molecule has 1 amide bonds. The van der Waals surface area contributed by atoms with E-state index in [1.807, 2.05) is 6.08 Å². The van der Waals surface area contributed by atoms with E-state index >= 15 is 0 Å². The second kappa shape index (κ2) is 37.9. The Morgan fingerprint density at radius 3 is 1.52 bits per heavy atom. The fraction of sp³-hybridized carbons (Fsp3) is 0.759. The number of ether oxygens (including phenoxy) is 6. The molecule has 19 heteroatoms. The first kappa shape index (κ1) is 64.5. The fourth-order valence-electron chi connectivity index (χ4n) is 8.55. The quantitative estimate of drug-likeness (QED) is 0.0317. The van der Waals surface area contributed by atoms with Crippen LogP contribution < -0.4 is 5.32 Å². The Hall–Kier alpha value is -2.77. The molecular formula is C54H91NO18. The summed E-state index contributed by atoms with van der Waals surface area (Å²) in [6, 6.07) is -1.00. The summed E-state index contributed by atoms with van der Waals surface area (Å²) >= 11 is 0. The van der Waals surface area contributed by atoms with Crippen molar-refractivity contribution in [2.75, 3.05) is 26.4 Å². The molecule has 0 saturated carbocycles. The van der Waals surface area contributed by atoms with E-state index in [0.717, 1.165) is 70.6 Å². The van der Waals surface area contributed by atoms with Gasteiger partial charge in [-0.25, -0.2) is 0 Å². The predicted molar refractivity (Wildman–Crippen MR) is 272 cm³/mol. The number of hydrogen-bond acceptors (Lipinski definition) is 18. The molecular weight excluding hydrogens is 951 g/mol. The van der Waals surface area contributed by atoms with Crippen molar-refractivity contribution in [2.45, 2.75) is 234 Å². The van der Waals surface area contributed by atoms with Crippen molar-refractivity contribution < 1.29 is 89.4 Å². The molecule has 0 aromatic heterocycles. The summed E-state index contributed by atoms with van der Waals surface area (Å²) in [5.74, 6) is -0.316. The monoisotopic (exact) mass is 1040 g/mol. The normalized spacial score (nSPS) is 32.3. The van der Waals surface area contributed by atoms with Gasteiger partial charge in [0.15, 0.2) is 18.9 Å². The van der Waals surface area contributed by atoms with Crippen LogP contribution >= 0.6 is 0 Å². The molecule has 0 spiro atoms.